The van der Waals surface area contributed by atoms with Crippen molar-refractivity contribution < 1.29 is 14.3 Å². The highest BCUT2D eigenvalue weighted by Gasteiger charge is 2.47. The van der Waals surface area contributed by atoms with E-state index in [1.165, 1.54) is 0 Å². The lowest BCUT2D eigenvalue weighted by molar-refractivity contribution is -0.144. The van der Waals surface area contributed by atoms with Crippen molar-refractivity contribution in [2.45, 2.75) is 31.7 Å². The van der Waals surface area contributed by atoms with Gasteiger partial charge in [-0.15, -0.1) is 0 Å². The van der Waals surface area contributed by atoms with E-state index >= 15 is 0 Å². The second-order valence-electron chi connectivity index (χ2n) is 4.01. The van der Waals surface area contributed by atoms with Crippen LogP contribution in [0, 0.1) is 0 Å². The van der Waals surface area contributed by atoms with Gasteiger partial charge >= 0.3 is 5.97 Å². The molecule has 1 aliphatic carbocycles. The van der Waals surface area contributed by atoms with Gasteiger partial charge in [0.25, 0.3) is 0 Å². The third kappa shape index (κ3) is 1.98. The highest BCUT2D eigenvalue weighted by molar-refractivity contribution is 5.72. The van der Waals surface area contributed by atoms with Crippen LogP contribution in [-0.4, -0.2) is 28.6 Å². The lowest BCUT2D eigenvalue weighted by Crippen LogP contribution is -2.23. The van der Waals surface area contributed by atoms with Crippen molar-refractivity contribution in [1.82, 2.24) is 9.78 Å². The topological polar surface area (TPSA) is 61.2 Å². The number of hydrogen-bond acceptors (Lipinski definition) is 4. The Morgan fingerprint density at radius 1 is 1.69 bits per heavy atom. The Morgan fingerprint density at radius 2 is 2.44 bits per heavy atom. The molecule has 16 heavy (non-hydrogen) atoms. The lowest BCUT2D eigenvalue weighted by Gasteiger charge is -2.14. The van der Waals surface area contributed by atoms with Crippen LogP contribution in [-0.2, 0) is 15.1 Å². The Bertz CT molecular complexity index is 407. The molecule has 86 valence electrons. The van der Waals surface area contributed by atoms with Gasteiger partial charge in [0, 0.05) is 6.20 Å². The third-order valence-electron chi connectivity index (χ3n) is 2.82. The first-order valence-electron chi connectivity index (χ1n) is 5.37. The first-order chi connectivity index (χ1) is 7.70. The maximum absolute atomic E-state index is 11.4. The number of carbonyl (C=O) groups is 2. The molecule has 5 heteroatoms. The molecular formula is C11H14N2O3. The average molecular weight is 222 g/mol. The summed E-state index contributed by atoms with van der Waals surface area (Å²) in [4.78, 5) is 21.9. The fourth-order valence-electron chi connectivity index (χ4n) is 1.78. The maximum Gasteiger partial charge on any atom is 0.308 e. The molecule has 0 aliphatic heterocycles. The summed E-state index contributed by atoms with van der Waals surface area (Å²) in [5, 5.41) is 4.12. The van der Waals surface area contributed by atoms with E-state index in [4.69, 9.17) is 4.74 Å². The second-order valence-corrected chi connectivity index (χ2v) is 4.01. The molecule has 2 rings (SSSR count). The molecular weight excluding hydrogens is 208 g/mol. The zero-order chi connectivity index (χ0) is 11.6. The molecule has 1 aliphatic rings. The molecule has 0 spiro atoms. The van der Waals surface area contributed by atoms with E-state index in [9.17, 15) is 9.59 Å². The molecule has 0 saturated heterocycles. The zero-order valence-electron chi connectivity index (χ0n) is 9.18. The number of esters is 1. The summed E-state index contributed by atoms with van der Waals surface area (Å²) in [6, 6.07) is 1.65. The van der Waals surface area contributed by atoms with Gasteiger partial charge in [-0.2, -0.15) is 5.10 Å². The summed E-state index contributed by atoms with van der Waals surface area (Å²) in [6.07, 6.45) is 4.60. The summed E-state index contributed by atoms with van der Waals surface area (Å²) in [5.74, 6) is -0.205. The predicted octanol–water partition coefficient (Wildman–Crippen LogP) is 1.14. The van der Waals surface area contributed by atoms with Gasteiger partial charge in [-0.1, -0.05) is 0 Å². The molecule has 1 heterocycles. The second kappa shape index (κ2) is 4.08. The lowest BCUT2D eigenvalue weighted by atomic mass is 10.2. The van der Waals surface area contributed by atoms with Crippen LogP contribution < -0.4 is 0 Å². The molecule has 0 bridgehead atoms. The molecule has 1 aromatic heterocycles. The van der Waals surface area contributed by atoms with Crippen LogP contribution in [0.2, 0.25) is 0 Å². The molecule has 0 radical (unpaired) electrons. The van der Waals surface area contributed by atoms with Gasteiger partial charge in [-0.05, 0) is 25.8 Å². The minimum absolute atomic E-state index is 0.205. The molecule has 0 aromatic carbocycles. The maximum atomic E-state index is 11.4. The van der Waals surface area contributed by atoms with Gasteiger partial charge in [0.1, 0.15) is 5.69 Å². The van der Waals surface area contributed by atoms with Crippen molar-refractivity contribution in [3.8, 4) is 0 Å². The Balaban J connectivity index is 2.07. The number of aromatic nitrogens is 2. The Hall–Kier alpha value is -1.65. The Morgan fingerprint density at radius 3 is 2.94 bits per heavy atom. The third-order valence-corrected chi connectivity index (χ3v) is 2.82. The molecule has 0 atom stereocenters. The summed E-state index contributed by atoms with van der Waals surface area (Å²) >= 11 is 0. The van der Waals surface area contributed by atoms with Crippen molar-refractivity contribution in [2.24, 2.45) is 0 Å². The van der Waals surface area contributed by atoms with Crippen LogP contribution in [0.5, 0.6) is 0 Å². The molecule has 0 N–H and O–H groups in total. The van der Waals surface area contributed by atoms with Crippen LogP contribution in [0.3, 0.4) is 0 Å². The molecule has 0 amide bonds. The summed E-state index contributed by atoms with van der Waals surface area (Å²) in [5.41, 5.74) is 0.156. The molecule has 1 aromatic rings. The van der Waals surface area contributed by atoms with Crippen LogP contribution in [0.25, 0.3) is 0 Å². The van der Waals surface area contributed by atoms with E-state index in [0.717, 1.165) is 12.8 Å². The Kier molecular flexibility index (Phi) is 2.77. The Labute approximate surface area is 93.4 Å². The quantitative estimate of drug-likeness (QED) is 0.553. The number of nitrogens with zero attached hydrogens (tertiary/aromatic N) is 2. The van der Waals surface area contributed by atoms with E-state index in [0.29, 0.717) is 25.0 Å². The van der Waals surface area contributed by atoms with E-state index < -0.39 is 0 Å². The predicted molar refractivity (Wildman–Crippen MR) is 56.1 cm³/mol. The van der Waals surface area contributed by atoms with Gasteiger partial charge in [-0.25, -0.2) is 0 Å². The van der Waals surface area contributed by atoms with Crippen molar-refractivity contribution in [2.75, 3.05) is 6.61 Å². The van der Waals surface area contributed by atoms with Crippen molar-refractivity contribution >= 4 is 12.3 Å². The normalized spacial score (nSPS) is 16.8. The largest absolute Gasteiger partial charge is 0.466 e. The van der Waals surface area contributed by atoms with Gasteiger partial charge < -0.3 is 4.74 Å². The van der Waals surface area contributed by atoms with Crippen LogP contribution in [0.1, 0.15) is 36.7 Å². The number of ether oxygens (including phenoxy) is 1. The molecule has 1 fully saturated rings. The first-order valence-corrected chi connectivity index (χ1v) is 5.37. The first kappa shape index (κ1) is 10.9. The minimum Gasteiger partial charge on any atom is -0.466 e. The number of rotatable bonds is 5. The van der Waals surface area contributed by atoms with Gasteiger partial charge in [0.05, 0.1) is 18.6 Å². The average Bonchev–Trinajstić information content (AvgIpc) is 2.88. The smallest absolute Gasteiger partial charge is 0.308 e. The summed E-state index contributed by atoms with van der Waals surface area (Å²) in [7, 11) is 0. The molecule has 1 saturated carbocycles. The van der Waals surface area contributed by atoms with E-state index in [-0.39, 0.29) is 11.5 Å². The van der Waals surface area contributed by atoms with Crippen LogP contribution >= 0.6 is 0 Å². The fraction of sp³-hybridized carbons (Fsp3) is 0.545. The summed E-state index contributed by atoms with van der Waals surface area (Å²) < 4.78 is 6.64. The minimum atomic E-state index is -0.243. The summed E-state index contributed by atoms with van der Waals surface area (Å²) in [6.45, 7) is 2.18. The standard InChI is InChI=1S/C11H14N2O3/c1-2-16-10(15)7-11(4-5-11)13-6-3-9(8-14)12-13/h3,6,8H,2,4-5,7H2,1H3. The van der Waals surface area contributed by atoms with E-state index in [2.05, 4.69) is 5.10 Å². The monoisotopic (exact) mass is 222 g/mol. The van der Waals surface area contributed by atoms with Gasteiger partial charge in [-0.3, -0.25) is 14.3 Å². The van der Waals surface area contributed by atoms with Crippen molar-refractivity contribution in [1.29, 1.82) is 0 Å². The SMILES string of the molecule is CCOC(=O)CC1(n2ccc(C=O)n2)CC1. The fourth-order valence-corrected chi connectivity index (χ4v) is 1.78. The number of hydrogen-bond donors (Lipinski definition) is 0. The highest BCUT2D eigenvalue weighted by atomic mass is 16.5. The molecule has 5 nitrogen and oxygen atoms in total. The number of carbonyl (C=O) groups excluding carboxylic acids is 2. The van der Waals surface area contributed by atoms with E-state index in [1.807, 2.05) is 0 Å². The van der Waals surface area contributed by atoms with Crippen molar-refractivity contribution in [3.63, 3.8) is 0 Å². The molecule has 0 unspecified atom stereocenters. The van der Waals surface area contributed by atoms with E-state index in [1.54, 1.807) is 23.9 Å². The van der Waals surface area contributed by atoms with Crippen LogP contribution in [0.4, 0.5) is 0 Å². The number of aldehydes is 1. The van der Waals surface area contributed by atoms with Gasteiger partial charge in [0.2, 0.25) is 0 Å². The highest BCUT2D eigenvalue weighted by Crippen LogP contribution is 2.46. The van der Waals surface area contributed by atoms with Gasteiger partial charge in [0.15, 0.2) is 6.29 Å². The van der Waals surface area contributed by atoms with Crippen LogP contribution in [0.15, 0.2) is 12.3 Å². The van der Waals surface area contributed by atoms with Crippen molar-refractivity contribution in [3.05, 3.63) is 18.0 Å². The zero-order valence-corrected chi connectivity index (χ0v) is 9.18.